The van der Waals surface area contributed by atoms with Crippen LogP contribution >= 0.6 is 24.8 Å². The Morgan fingerprint density at radius 1 is 1.04 bits per heavy atom. The summed E-state index contributed by atoms with van der Waals surface area (Å²) in [6.07, 6.45) is 5.52. The fourth-order valence-corrected chi connectivity index (χ4v) is 2.85. The van der Waals surface area contributed by atoms with Gasteiger partial charge < -0.3 is 10.6 Å². The molecular weight excluding hydrogens is 345 g/mol. The average molecular weight is 376 g/mol. The van der Waals surface area contributed by atoms with Gasteiger partial charge in [-0.25, -0.2) is 0 Å². The van der Waals surface area contributed by atoms with Crippen molar-refractivity contribution < 1.29 is 4.79 Å². The zero-order valence-corrected chi connectivity index (χ0v) is 16.2. The van der Waals surface area contributed by atoms with Crippen molar-refractivity contribution >= 4 is 30.7 Å². The van der Waals surface area contributed by atoms with Gasteiger partial charge in [-0.2, -0.15) is 0 Å². The van der Waals surface area contributed by atoms with E-state index in [9.17, 15) is 4.79 Å². The molecule has 1 fully saturated rings. The summed E-state index contributed by atoms with van der Waals surface area (Å²) in [6.45, 7) is 5.02. The SMILES string of the molecule is CNCCCC(=O)NCc1ccc(CN2CCCCC2)cc1.Cl.Cl. The maximum atomic E-state index is 11.7. The minimum absolute atomic E-state index is 0. The summed E-state index contributed by atoms with van der Waals surface area (Å²) in [5.41, 5.74) is 2.54. The molecular formula is C18H31Cl2N3O. The monoisotopic (exact) mass is 375 g/mol. The number of benzene rings is 1. The molecule has 0 aromatic heterocycles. The van der Waals surface area contributed by atoms with E-state index in [1.165, 1.54) is 43.5 Å². The van der Waals surface area contributed by atoms with E-state index in [-0.39, 0.29) is 30.7 Å². The minimum atomic E-state index is 0. The number of hydrogen-bond acceptors (Lipinski definition) is 3. The molecule has 0 saturated carbocycles. The van der Waals surface area contributed by atoms with Crippen LogP contribution in [0.3, 0.4) is 0 Å². The van der Waals surface area contributed by atoms with Crippen molar-refractivity contribution in [1.82, 2.24) is 15.5 Å². The van der Waals surface area contributed by atoms with Crippen LogP contribution in [0.25, 0.3) is 0 Å². The van der Waals surface area contributed by atoms with Gasteiger partial charge in [-0.05, 0) is 57.1 Å². The third-order valence-corrected chi connectivity index (χ3v) is 4.20. The normalized spacial score (nSPS) is 14.4. The van der Waals surface area contributed by atoms with E-state index < -0.39 is 0 Å². The number of halogens is 2. The first kappa shape index (κ1) is 23.2. The Labute approximate surface area is 158 Å². The van der Waals surface area contributed by atoms with Gasteiger partial charge in [0.2, 0.25) is 5.91 Å². The maximum Gasteiger partial charge on any atom is 0.220 e. The molecule has 0 atom stereocenters. The molecule has 0 aliphatic carbocycles. The summed E-state index contributed by atoms with van der Waals surface area (Å²) in [7, 11) is 1.91. The standard InChI is InChI=1S/C18H29N3O.2ClH/c1-19-11-5-6-18(22)20-14-16-7-9-17(10-8-16)15-21-12-3-2-4-13-21;;/h7-10,19H,2-6,11-15H2,1H3,(H,20,22);2*1H. The van der Waals surface area contributed by atoms with Crippen LogP contribution in [0, 0.1) is 0 Å². The Balaban J connectivity index is 0.00000264. The second-order valence-electron chi connectivity index (χ2n) is 6.14. The van der Waals surface area contributed by atoms with Gasteiger partial charge in [0.05, 0.1) is 0 Å². The van der Waals surface area contributed by atoms with Gasteiger partial charge in [-0.1, -0.05) is 30.7 Å². The van der Waals surface area contributed by atoms with Crippen molar-refractivity contribution in [3.8, 4) is 0 Å². The van der Waals surface area contributed by atoms with Crippen LogP contribution in [-0.4, -0.2) is 37.5 Å². The van der Waals surface area contributed by atoms with Gasteiger partial charge in [0.25, 0.3) is 0 Å². The first-order valence-electron chi connectivity index (χ1n) is 8.49. The zero-order chi connectivity index (χ0) is 15.6. The highest BCUT2D eigenvalue weighted by Gasteiger charge is 2.10. The van der Waals surface area contributed by atoms with Crippen molar-refractivity contribution in [3.05, 3.63) is 35.4 Å². The van der Waals surface area contributed by atoms with Gasteiger partial charge in [0.1, 0.15) is 0 Å². The number of nitrogens with zero attached hydrogens (tertiary/aromatic N) is 1. The van der Waals surface area contributed by atoms with Gasteiger partial charge in [0.15, 0.2) is 0 Å². The molecule has 1 aromatic carbocycles. The number of carbonyl (C=O) groups is 1. The molecule has 1 aliphatic heterocycles. The Morgan fingerprint density at radius 3 is 2.29 bits per heavy atom. The lowest BCUT2D eigenvalue weighted by Gasteiger charge is -2.26. The quantitative estimate of drug-likeness (QED) is 0.686. The Kier molecular flexibility index (Phi) is 13.0. The summed E-state index contributed by atoms with van der Waals surface area (Å²) in [5.74, 6) is 0.132. The topological polar surface area (TPSA) is 44.4 Å². The van der Waals surface area contributed by atoms with Crippen LogP contribution in [0.15, 0.2) is 24.3 Å². The summed E-state index contributed by atoms with van der Waals surface area (Å²) in [6, 6.07) is 8.65. The van der Waals surface area contributed by atoms with E-state index in [1.807, 2.05) is 7.05 Å². The minimum Gasteiger partial charge on any atom is -0.352 e. The van der Waals surface area contributed by atoms with E-state index >= 15 is 0 Å². The van der Waals surface area contributed by atoms with Crippen LogP contribution in [0.5, 0.6) is 0 Å². The van der Waals surface area contributed by atoms with Crippen LogP contribution in [0.1, 0.15) is 43.2 Å². The van der Waals surface area contributed by atoms with Crippen molar-refractivity contribution in [2.75, 3.05) is 26.7 Å². The molecule has 0 unspecified atom stereocenters. The average Bonchev–Trinajstić information content (AvgIpc) is 2.55. The smallest absolute Gasteiger partial charge is 0.220 e. The van der Waals surface area contributed by atoms with Crippen molar-refractivity contribution in [3.63, 3.8) is 0 Å². The van der Waals surface area contributed by atoms with Gasteiger partial charge in [0, 0.05) is 19.5 Å². The highest BCUT2D eigenvalue weighted by atomic mass is 35.5. The molecule has 1 amide bonds. The zero-order valence-electron chi connectivity index (χ0n) is 14.6. The molecule has 0 bridgehead atoms. The first-order chi connectivity index (χ1) is 10.8. The molecule has 2 N–H and O–H groups in total. The number of carbonyl (C=O) groups excluding carboxylic acids is 1. The van der Waals surface area contributed by atoms with E-state index in [2.05, 4.69) is 39.8 Å². The molecule has 4 nitrogen and oxygen atoms in total. The lowest BCUT2D eigenvalue weighted by molar-refractivity contribution is -0.121. The Bertz CT molecular complexity index is 448. The molecule has 1 heterocycles. The summed E-state index contributed by atoms with van der Waals surface area (Å²) < 4.78 is 0. The number of rotatable bonds is 8. The lowest BCUT2D eigenvalue weighted by atomic mass is 10.1. The van der Waals surface area contributed by atoms with E-state index in [0.717, 1.165) is 19.5 Å². The molecule has 0 spiro atoms. The molecule has 24 heavy (non-hydrogen) atoms. The second-order valence-corrected chi connectivity index (χ2v) is 6.14. The molecule has 138 valence electrons. The van der Waals surface area contributed by atoms with E-state index in [1.54, 1.807) is 0 Å². The van der Waals surface area contributed by atoms with E-state index in [4.69, 9.17) is 0 Å². The van der Waals surface area contributed by atoms with Crippen molar-refractivity contribution in [2.45, 2.75) is 45.2 Å². The van der Waals surface area contributed by atoms with Crippen molar-refractivity contribution in [1.29, 1.82) is 0 Å². The van der Waals surface area contributed by atoms with Crippen LogP contribution < -0.4 is 10.6 Å². The summed E-state index contributed by atoms with van der Waals surface area (Å²) in [5, 5.41) is 6.03. The maximum absolute atomic E-state index is 11.7. The van der Waals surface area contributed by atoms with Crippen molar-refractivity contribution in [2.24, 2.45) is 0 Å². The van der Waals surface area contributed by atoms with Crippen LogP contribution in [0.2, 0.25) is 0 Å². The fraction of sp³-hybridized carbons (Fsp3) is 0.611. The molecule has 1 aliphatic rings. The predicted octanol–water partition coefficient (Wildman–Crippen LogP) is 3.13. The fourth-order valence-electron chi connectivity index (χ4n) is 2.85. The molecule has 2 rings (SSSR count). The molecule has 1 saturated heterocycles. The lowest BCUT2D eigenvalue weighted by Crippen LogP contribution is -2.29. The molecule has 1 aromatic rings. The third kappa shape index (κ3) is 8.88. The Morgan fingerprint density at radius 2 is 1.67 bits per heavy atom. The highest BCUT2D eigenvalue weighted by Crippen LogP contribution is 2.13. The van der Waals surface area contributed by atoms with Crippen LogP contribution in [-0.2, 0) is 17.9 Å². The van der Waals surface area contributed by atoms with Crippen LogP contribution in [0.4, 0.5) is 0 Å². The van der Waals surface area contributed by atoms with Gasteiger partial charge >= 0.3 is 0 Å². The third-order valence-electron chi connectivity index (χ3n) is 4.20. The number of piperidine rings is 1. The van der Waals surface area contributed by atoms with Gasteiger partial charge in [-0.15, -0.1) is 24.8 Å². The number of nitrogens with one attached hydrogen (secondary N) is 2. The first-order valence-corrected chi connectivity index (χ1v) is 8.49. The summed E-state index contributed by atoms with van der Waals surface area (Å²) in [4.78, 5) is 14.2. The highest BCUT2D eigenvalue weighted by molar-refractivity contribution is 5.85. The number of amides is 1. The number of likely N-dealkylation sites (tertiary alicyclic amines) is 1. The largest absolute Gasteiger partial charge is 0.352 e. The Hall–Kier alpha value is -0.810. The predicted molar refractivity (Wildman–Crippen MR) is 105 cm³/mol. The second kappa shape index (κ2) is 13.5. The summed E-state index contributed by atoms with van der Waals surface area (Å²) >= 11 is 0. The van der Waals surface area contributed by atoms with Gasteiger partial charge in [-0.3, -0.25) is 9.69 Å². The van der Waals surface area contributed by atoms with E-state index in [0.29, 0.717) is 13.0 Å². The molecule has 6 heteroatoms. The number of hydrogen-bond donors (Lipinski definition) is 2. The molecule has 0 radical (unpaired) electrons.